The van der Waals surface area contributed by atoms with Gasteiger partial charge in [-0.2, -0.15) is 5.26 Å². The summed E-state index contributed by atoms with van der Waals surface area (Å²) in [5.74, 6) is -0.711. The van der Waals surface area contributed by atoms with Crippen molar-refractivity contribution in [2.75, 3.05) is 0 Å². The van der Waals surface area contributed by atoms with E-state index in [-0.39, 0.29) is 11.5 Å². The molecule has 0 aliphatic carbocycles. The standard InChI is InChI=1S/C15H12N6O3/c1-9-13(20-8-18-15(19-20)21(22)23)12(10-5-3-2-4-6-10)11(7-16)14(17)24-9/h2-6,8,12H,17H2,1H3/t12-/m1/s1. The monoisotopic (exact) mass is 324 g/mol. The lowest BCUT2D eigenvalue weighted by molar-refractivity contribution is -0.394. The lowest BCUT2D eigenvalue weighted by Gasteiger charge is -2.26. The molecule has 0 fully saturated rings. The molecule has 0 unspecified atom stereocenters. The van der Waals surface area contributed by atoms with Crippen molar-refractivity contribution in [1.29, 1.82) is 5.26 Å². The number of nitrogens with two attached hydrogens (primary N) is 1. The molecule has 0 saturated heterocycles. The zero-order chi connectivity index (χ0) is 17.3. The average molecular weight is 324 g/mol. The first-order chi connectivity index (χ1) is 11.5. The molecule has 24 heavy (non-hydrogen) atoms. The maximum Gasteiger partial charge on any atom is 0.491 e. The van der Waals surface area contributed by atoms with Crippen LogP contribution in [0.1, 0.15) is 18.4 Å². The first-order valence-corrected chi connectivity index (χ1v) is 6.92. The molecular formula is C15H12N6O3. The second-order valence-electron chi connectivity index (χ2n) is 5.02. The van der Waals surface area contributed by atoms with Crippen LogP contribution in [-0.2, 0) is 4.74 Å². The first-order valence-electron chi connectivity index (χ1n) is 6.92. The quantitative estimate of drug-likeness (QED) is 0.673. The SMILES string of the molecule is CC1=C(n2cnc([N+](=O)[O-])n2)[C@H](c2ccccc2)C(C#N)=C(N)O1. The van der Waals surface area contributed by atoms with Gasteiger partial charge in [0.1, 0.15) is 23.1 Å². The third kappa shape index (κ3) is 2.46. The van der Waals surface area contributed by atoms with Gasteiger partial charge in [-0.1, -0.05) is 35.3 Å². The summed E-state index contributed by atoms with van der Waals surface area (Å²) in [7, 11) is 0. The molecule has 2 aromatic rings. The van der Waals surface area contributed by atoms with Gasteiger partial charge < -0.3 is 20.6 Å². The number of allylic oxidation sites excluding steroid dienone is 3. The summed E-state index contributed by atoms with van der Waals surface area (Å²) < 4.78 is 6.68. The van der Waals surface area contributed by atoms with Crippen LogP contribution in [0, 0.1) is 21.4 Å². The molecule has 9 nitrogen and oxygen atoms in total. The Morgan fingerprint density at radius 2 is 2.12 bits per heavy atom. The number of hydrogen-bond donors (Lipinski definition) is 1. The Balaban J connectivity index is 2.19. The molecule has 3 rings (SSSR count). The number of ether oxygens (including phenoxy) is 1. The van der Waals surface area contributed by atoms with Crippen molar-refractivity contribution in [1.82, 2.24) is 14.8 Å². The molecule has 0 amide bonds. The average Bonchev–Trinajstić information content (AvgIpc) is 3.05. The Kier molecular flexibility index (Phi) is 3.71. The lowest BCUT2D eigenvalue weighted by atomic mass is 9.87. The van der Waals surface area contributed by atoms with Crippen molar-refractivity contribution in [2.24, 2.45) is 5.73 Å². The van der Waals surface area contributed by atoms with Crippen molar-refractivity contribution in [3.05, 3.63) is 69.6 Å². The Hall–Kier alpha value is -3.67. The van der Waals surface area contributed by atoms with Crippen molar-refractivity contribution in [3.63, 3.8) is 0 Å². The highest BCUT2D eigenvalue weighted by molar-refractivity contribution is 5.66. The van der Waals surface area contributed by atoms with E-state index in [4.69, 9.17) is 10.5 Å². The van der Waals surface area contributed by atoms with Gasteiger partial charge in [0.15, 0.2) is 0 Å². The third-order valence-electron chi connectivity index (χ3n) is 3.59. The highest BCUT2D eigenvalue weighted by Gasteiger charge is 2.35. The molecule has 2 N–H and O–H groups in total. The zero-order valence-electron chi connectivity index (χ0n) is 12.6. The minimum absolute atomic E-state index is 0.00205. The van der Waals surface area contributed by atoms with Gasteiger partial charge >= 0.3 is 5.95 Å². The van der Waals surface area contributed by atoms with Gasteiger partial charge in [-0.05, 0) is 17.4 Å². The first kappa shape index (κ1) is 15.2. The highest BCUT2D eigenvalue weighted by atomic mass is 16.6. The number of nitro groups is 1. The van der Waals surface area contributed by atoms with Crippen LogP contribution in [0.15, 0.2) is 53.9 Å². The van der Waals surface area contributed by atoms with E-state index in [0.717, 1.165) is 5.56 Å². The summed E-state index contributed by atoms with van der Waals surface area (Å²) >= 11 is 0. The Morgan fingerprint density at radius 1 is 1.42 bits per heavy atom. The minimum Gasteiger partial charge on any atom is -0.443 e. The van der Waals surface area contributed by atoms with Crippen LogP contribution in [0.3, 0.4) is 0 Å². The van der Waals surface area contributed by atoms with Crippen LogP contribution in [0.2, 0.25) is 0 Å². The number of nitrogens with zero attached hydrogens (tertiary/aromatic N) is 5. The fraction of sp³-hybridized carbons (Fsp3) is 0.133. The number of nitriles is 1. The van der Waals surface area contributed by atoms with Crippen LogP contribution >= 0.6 is 0 Å². The summed E-state index contributed by atoms with van der Waals surface area (Å²) in [6, 6.07) is 11.2. The topological polar surface area (TPSA) is 133 Å². The Morgan fingerprint density at radius 3 is 2.71 bits per heavy atom. The van der Waals surface area contributed by atoms with Crippen LogP contribution in [0.25, 0.3) is 5.70 Å². The van der Waals surface area contributed by atoms with Crippen LogP contribution in [0.5, 0.6) is 0 Å². The molecular weight excluding hydrogens is 312 g/mol. The minimum atomic E-state index is -0.691. The van der Waals surface area contributed by atoms with Crippen LogP contribution in [-0.4, -0.2) is 19.7 Å². The molecule has 0 saturated carbocycles. The maximum atomic E-state index is 10.8. The van der Waals surface area contributed by atoms with Gasteiger partial charge in [0.2, 0.25) is 12.2 Å². The van der Waals surface area contributed by atoms with Crippen molar-refractivity contribution in [2.45, 2.75) is 12.8 Å². The van der Waals surface area contributed by atoms with Crippen molar-refractivity contribution in [3.8, 4) is 6.07 Å². The molecule has 0 spiro atoms. The summed E-state index contributed by atoms with van der Waals surface area (Å²) in [6.45, 7) is 1.65. The fourth-order valence-corrected chi connectivity index (χ4v) is 2.59. The summed E-state index contributed by atoms with van der Waals surface area (Å²) in [6.07, 6.45) is 1.22. The summed E-state index contributed by atoms with van der Waals surface area (Å²) in [5.41, 5.74) is 7.29. The van der Waals surface area contributed by atoms with E-state index in [1.807, 2.05) is 30.3 Å². The Bertz CT molecular complexity index is 907. The van der Waals surface area contributed by atoms with Crippen LogP contribution < -0.4 is 5.73 Å². The zero-order valence-corrected chi connectivity index (χ0v) is 12.6. The molecule has 1 aliphatic heterocycles. The number of benzene rings is 1. The second kappa shape index (κ2) is 5.85. The van der Waals surface area contributed by atoms with E-state index in [1.165, 1.54) is 11.0 Å². The fourth-order valence-electron chi connectivity index (χ4n) is 2.59. The van der Waals surface area contributed by atoms with Crippen molar-refractivity contribution < 1.29 is 9.66 Å². The second-order valence-corrected chi connectivity index (χ2v) is 5.02. The van der Waals surface area contributed by atoms with Gasteiger partial charge in [0.25, 0.3) is 0 Å². The number of aromatic nitrogens is 3. The van der Waals surface area contributed by atoms with E-state index in [0.29, 0.717) is 11.5 Å². The molecule has 1 aromatic carbocycles. The Labute approximate surface area is 136 Å². The predicted molar refractivity (Wildman–Crippen MR) is 82.7 cm³/mol. The van der Waals surface area contributed by atoms with Crippen molar-refractivity contribution >= 4 is 11.6 Å². The van der Waals surface area contributed by atoms with Gasteiger partial charge in [-0.25, -0.2) is 0 Å². The number of rotatable bonds is 3. The van der Waals surface area contributed by atoms with Crippen LogP contribution in [0.4, 0.5) is 5.95 Å². The molecule has 1 aliphatic rings. The molecule has 1 atom stereocenters. The summed E-state index contributed by atoms with van der Waals surface area (Å²) in [4.78, 5) is 13.8. The molecule has 0 bridgehead atoms. The van der Waals surface area contributed by atoms with Gasteiger partial charge in [0.05, 0.1) is 5.92 Å². The smallest absolute Gasteiger partial charge is 0.443 e. The van der Waals surface area contributed by atoms with E-state index in [9.17, 15) is 15.4 Å². The molecule has 2 heterocycles. The van der Waals surface area contributed by atoms with E-state index < -0.39 is 16.8 Å². The van der Waals surface area contributed by atoms with Gasteiger partial charge in [0, 0.05) is 5.10 Å². The molecule has 120 valence electrons. The largest absolute Gasteiger partial charge is 0.491 e. The maximum absolute atomic E-state index is 10.8. The molecule has 1 aromatic heterocycles. The normalized spacial score (nSPS) is 17.4. The molecule has 9 heteroatoms. The van der Waals surface area contributed by atoms with E-state index in [1.54, 1.807) is 6.92 Å². The van der Waals surface area contributed by atoms with E-state index >= 15 is 0 Å². The third-order valence-corrected chi connectivity index (χ3v) is 3.59. The van der Waals surface area contributed by atoms with E-state index in [2.05, 4.69) is 16.2 Å². The molecule has 0 radical (unpaired) electrons. The van der Waals surface area contributed by atoms with Gasteiger partial charge in [-0.15, -0.1) is 4.68 Å². The lowest BCUT2D eigenvalue weighted by Crippen LogP contribution is -2.22. The highest BCUT2D eigenvalue weighted by Crippen LogP contribution is 2.41. The van der Waals surface area contributed by atoms with Gasteiger partial charge in [-0.3, -0.25) is 0 Å². The number of hydrogen-bond acceptors (Lipinski definition) is 7. The summed E-state index contributed by atoms with van der Waals surface area (Å²) in [5, 5.41) is 24.2. The predicted octanol–water partition coefficient (Wildman–Crippen LogP) is 1.88.